The van der Waals surface area contributed by atoms with Crippen molar-refractivity contribution in [3.63, 3.8) is 0 Å². The number of thiazole rings is 1. The molecular weight excluding hydrogens is 396 g/mol. The molecule has 3 aromatic rings. The Labute approximate surface area is 169 Å². The first kappa shape index (κ1) is 20.0. The number of benzene rings is 2. The third kappa shape index (κ3) is 5.36. The van der Waals surface area contributed by atoms with Crippen LogP contribution in [0.5, 0.6) is 5.75 Å². The number of aromatic nitrogens is 1. The Morgan fingerprint density at radius 2 is 2.03 bits per heavy atom. The number of carbonyl (C=O) groups excluding carboxylic acids is 2. The molecule has 2 N–H and O–H groups in total. The van der Waals surface area contributed by atoms with Crippen molar-refractivity contribution in [2.45, 2.75) is 6.92 Å². The summed E-state index contributed by atoms with van der Waals surface area (Å²) in [5.41, 5.74) is 1.22. The van der Waals surface area contributed by atoms with Crippen LogP contribution in [0.2, 0.25) is 0 Å². The van der Waals surface area contributed by atoms with Gasteiger partial charge >= 0.3 is 0 Å². The Bertz CT molecular complexity index is 1050. The van der Waals surface area contributed by atoms with Crippen LogP contribution in [0.15, 0.2) is 54.0 Å². The van der Waals surface area contributed by atoms with E-state index in [1.165, 1.54) is 35.6 Å². The zero-order valence-electron chi connectivity index (χ0n) is 15.2. The van der Waals surface area contributed by atoms with Crippen LogP contribution in [-0.4, -0.2) is 28.3 Å². The Hall–Kier alpha value is -3.79. The Morgan fingerprint density at radius 1 is 1.21 bits per heavy atom. The molecule has 0 atom stereocenters. The van der Waals surface area contributed by atoms with Gasteiger partial charge in [-0.25, -0.2) is 4.98 Å². The van der Waals surface area contributed by atoms with E-state index in [-0.39, 0.29) is 18.2 Å². The van der Waals surface area contributed by atoms with Gasteiger partial charge in [0, 0.05) is 34.5 Å². The van der Waals surface area contributed by atoms with E-state index < -0.39 is 10.8 Å². The molecule has 0 radical (unpaired) electrons. The Morgan fingerprint density at radius 3 is 2.72 bits per heavy atom. The fraction of sp³-hybridized carbons (Fsp3) is 0.105. The van der Waals surface area contributed by atoms with Gasteiger partial charge in [-0.05, 0) is 37.3 Å². The van der Waals surface area contributed by atoms with Crippen LogP contribution in [0, 0.1) is 17.0 Å². The van der Waals surface area contributed by atoms with Crippen molar-refractivity contribution in [3.8, 4) is 5.75 Å². The summed E-state index contributed by atoms with van der Waals surface area (Å²) in [6, 6.07) is 10.7. The van der Waals surface area contributed by atoms with Gasteiger partial charge in [-0.15, -0.1) is 11.3 Å². The van der Waals surface area contributed by atoms with Crippen molar-refractivity contribution >= 4 is 39.7 Å². The lowest BCUT2D eigenvalue weighted by molar-refractivity contribution is -0.385. The minimum Gasteiger partial charge on any atom is -0.484 e. The van der Waals surface area contributed by atoms with E-state index in [4.69, 9.17) is 4.74 Å². The average molecular weight is 412 g/mol. The smallest absolute Gasteiger partial charge is 0.272 e. The van der Waals surface area contributed by atoms with Gasteiger partial charge in [0.15, 0.2) is 11.7 Å². The number of nitro benzene ring substituents is 1. The summed E-state index contributed by atoms with van der Waals surface area (Å²) in [7, 11) is 0. The monoisotopic (exact) mass is 412 g/mol. The number of amides is 2. The van der Waals surface area contributed by atoms with Crippen LogP contribution in [0.4, 0.5) is 16.5 Å². The summed E-state index contributed by atoms with van der Waals surface area (Å²) >= 11 is 1.30. The number of nitro groups is 1. The van der Waals surface area contributed by atoms with Gasteiger partial charge in [-0.1, -0.05) is 6.07 Å². The fourth-order valence-electron chi connectivity index (χ4n) is 2.46. The topological polar surface area (TPSA) is 123 Å². The molecule has 29 heavy (non-hydrogen) atoms. The molecule has 0 spiro atoms. The number of hydrogen-bond donors (Lipinski definition) is 2. The fourth-order valence-corrected chi connectivity index (χ4v) is 2.99. The van der Waals surface area contributed by atoms with Gasteiger partial charge < -0.3 is 10.1 Å². The average Bonchev–Trinajstić information content (AvgIpc) is 3.19. The largest absolute Gasteiger partial charge is 0.484 e. The highest BCUT2D eigenvalue weighted by atomic mass is 32.1. The van der Waals surface area contributed by atoms with E-state index in [1.54, 1.807) is 36.7 Å². The first-order valence-corrected chi connectivity index (χ1v) is 9.29. The second-order valence-corrected chi connectivity index (χ2v) is 6.81. The molecule has 0 aliphatic carbocycles. The van der Waals surface area contributed by atoms with Crippen molar-refractivity contribution in [1.29, 1.82) is 0 Å². The maximum Gasteiger partial charge on any atom is 0.272 e. The maximum absolute atomic E-state index is 12.2. The molecule has 148 valence electrons. The predicted molar refractivity (Wildman–Crippen MR) is 108 cm³/mol. The van der Waals surface area contributed by atoms with Crippen LogP contribution in [-0.2, 0) is 4.79 Å². The number of ether oxygens (including phenoxy) is 1. The van der Waals surface area contributed by atoms with E-state index in [1.807, 2.05) is 0 Å². The standard InChI is InChI=1S/C19H16N4O5S/c1-12-9-15(5-6-16(12)23(26)27)28-11-17(24)21-14-4-2-3-13(10-14)18(25)22-19-20-7-8-29-19/h2-10H,11H2,1H3,(H,21,24)(H,20,22,25). The number of rotatable bonds is 7. The molecular formula is C19H16N4O5S. The minimum absolute atomic E-state index is 0.0189. The molecule has 0 fully saturated rings. The number of anilines is 2. The third-order valence-corrected chi connectivity index (χ3v) is 4.48. The van der Waals surface area contributed by atoms with E-state index in [9.17, 15) is 19.7 Å². The number of nitrogens with zero attached hydrogens (tertiary/aromatic N) is 2. The van der Waals surface area contributed by atoms with Gasteiger partial charge in [-0.3, -0.25) is 25.0 Å². The Balaban J connectivity index is 1.57. The molecule has 1 heterocycles. The van der Waals surface area contributed by atoms with Gasteiger partial charge in [0.2, 0.25) is 0 Å². The van der Waals surface area contributed by atoms with E-state index >= 15 is 0 Å². The normalized spacial score (nSPS) is 10.2. The summed E-state index contributed by atoms with van der Waals surface area (Å²) in [4.78, 5) is 38.7. The zero-order valence-corrected chi connectivity index (χ0v) is 16.1. The van der Waals surface area contributed by atoms with E-state index in [0.717, 1.165) is 0 Å². The van der Waals surface area contributed by atoms with Crippen molar-refractivity contribution in [3.05, 3.63) is 75.3 Å². The zero-order chi connectivity index (χ0) is 20.8. The lowest BCUT2D eigenvalue weighted by Gasteiger charge is -2.09. The number of aryl methyl sites for hydroxylation is 1. The summed E-state index contributed by atoms with van der Waals surface area (Å²) in [5, 5.41) is 18.4. The summed E-state index contributed by atoms with van der Waals surface area (Å²) in [6.07, 6.45) is 1.59. The number of hydrogen-bond acceptors (Lipinski definition) is 7. The van der Waals surface area contributed by atoms with Gasteiger partial charge in [-0.2, -0.15) is 0 Å². The SMILES string of the molecule is Cc1cc(OCC(=O)Nc2cccc(C(=O)Nc3nccs3)c2)ccc1[N+](=O)[O-]. The minimum atomic E-state index is -0.483. The third-order valence-electron chi connectivity index (χ3n) is 3.80. The molecule has 2 amide bonds. The highest BCUT2D eigenvalue weighted by Gasteiger charge is 2.12. The molecule has 0 aliphatic heterocycles. The number of nitrogens with one attached hydrogen (secondary N) is 2. The highest BCUT2D eigenvalue weighted by Crippen LogP contribution is 2.23. The van der Waals surface area contributed by atoms with Crippen LogP contribution in [0.25, 0.3) is 0 Å². The summed E-state index contributed by atoms with van der Waals surface area (Å²) < 4.78 is 5.38. The maximum atomic E-state index is 12.2. The lowest BCUT2D eigenvalue weighted by atomic mass is 10.2. The molecule has 0 bridgehead atoms. The summed E-state index contributed by atoms with van der Waals surface area (Å²) in [5.74, 6) is -0.424. The molecule has 0 unspecified atom stereocenters. The second kappa shape index (κ2) is 8.93. The first-order valence-electron chi connectivity index (χ1n) is 8.41. The molecule has 3 rings (SSSR count). The lowest BCUT2D eigenvalue weighted by Crippen LogP contribution is -2.20. The van der Waals surface area contributed by atoms with E-state index in [2.05, 4.69) is 15.6 Å². The molecule has 9 nitrogen and oxygen atoms in total. The quantitative estimate of drug-likeness (QED) is 0.451. The van der Waals surface area contributed by atoms with Crippen molar-refractivity contribution in [1.82, 2.24) is 4.98 Å². The first-order chi connectivity index (χ1) is 13.9. The molecule has 0 saturated heterocycles. The molecule has 0 aliphatic rings. The van der Waals surface area contributed by atoms with Gasteiger partial charge in [0.25, 0.3) is 17.5 Å². The molecule has 2 aromatic carbocycles. The highest BCUT2D eigenvalue weighted by molar-refractivity contribution is 7.13. The number of carbonyl (C=O) groups is 2. The second-order valence-electron chi connectivity index (χ2n) is 5.91. The Kier molecular flexibility index (Phi) is 6.15. The van der Waals surface area contributed by atoms with Crippen LogP contribution >= 0.6 is 11.3 Å². The van der Waals surface area contributed by atoms with Crippen molar-refractivity contribution < 1.29 is 19.2 Å². The molecule has 0 saturated carbocycles. The van der Waals surface area contributed by atoms with Crippen molar-refractivity contribution in [2.24, 2.45) is 0 Å². The molecule has 10 heteroatoms. The van der Waals surface area contributed by atoms with Crippen LogP contribution in [0.3, 0.4) is 0 Å². The van der Waals surface area contributed by atoms with Gasteiger partial charge in [0.05, 0.1) is 4.92 Å². The molecule has 1 aromatic heterocycles. The van der Waals surface area contributed by atoms with E-state index in [0.29, 0.717) is 27.7 Å². The van der Waals surface area contributed by atoms with Crippen molar-refractivity contribution in [2.75, 3.05) is 17.2 Å². The predicted octanol–water partition coefficient (Wildman–Crippen LogP) is 3.63. The van der Waals surface area contributed by atoms with Gasteiger partial charge in [0.1, 0.15) is 5.75 Å². The van der Waals surface area contributed by atoms with Crippen LogP contribution in [0.1, 0.15) is 15.9 Å². The van der Waals surface area contributed by atoms with Crippen LogP contribution < -0.4 is 15.4 Å². The summed E-state index contributed by atoms with van der Waals surface area (Å²) in [6.45, 7) is 1.31.